The topological polar surface area (TPSA) is 76.8 Å². The molecule has 0 aliphatic heterocycles. The van der Waals surface area contributed by atoms with Crippen molar-refractivity contribution in [2.45, 2.75) is 6.54 Å². The quantitative estimate of drug-likeness (QED) is 0.765. The van der Waals surface area contributed by atoms with Gasteiger partial charge in [-0.1, -0.05) is 11.6 Å². The van der Waals surface area contributed by atoms with E-state index in [9.17, 15) is 17.6 Å². The van der Waals surface area contributed by atoms with Crippen LogP contribution in [0, 0.1) is 5.82 Å². The summed E-state index contributed by atoms with van der Waals surface area (Å²) >= 11 is 5.67. The van der Waals surface area contributed by atoms with Gasteiger partial charge in [0.1, 0.15) is 11.6 Å². The highest BCUT2D eigenvalue weighted by molar-refractivity contribution is 7.92. The fraction of sp³-hybridized carbons (Fsp3) is 0.214. The largest absolute Gasteiger partial charge is 0.463 e. The van der Waals surface area contributed by atoms with Crippen molar-refractivity contribution in [2.24, 2.45) is 0 Å². The second-order valence-electron chi connectivity index (χ2n) is 4.62. The van der Waals surface area contributed by atoms with Gasteiger partial charge >= 0.3 is 5.97 Å². The molecule has 23 heavy (non-hydrogen) atoms. The van der Waals surface area contributed by atoms with Crippen LogP contribution in [0.5, 0.6) is 0 Å². The number of carbonyl (C=O) groups is 1. The summed E-state index contributed by atoms with van der Waals surface area (Å²) < 4.78 is 48.5. The zero-order chi connectivity index (χ0) is 17.2. The van der Waals surface area contributed by atoms with Crippen molar-refractivity contribution in [3.05, 3.63) is 52.7 Å². The number of halogens is 2. The lowest BCUT2D eigenvalue weighted by Gasteiger charge is -2.21. The SMILES string of the molecule is COC(=O)c1ccc(CN(c2ccc(Cl)cc2F)S(C)(=O)=O)o1. The Balaban J connectivity index is 2.37. The summed E-state index contributed by atoms with van der Waals surface area (Å²) in [6, 6.07) is 6.40. The molecule has 6 nitrogen and oxygen atoms in total. The van der Waals surface area contributed by atoms with E-state index in [1.54, 1.807) is 0 Å². The van der Waals surface area contributed by atoms with Crippen LogP contribution in [0.15, 0.2) is 34.7 Å². The molecule has 0 N–H and O–H groups in total. The minimum Gasteiger partial charge on any atom is -0.463 e. The summed E-state index contributed by atoms with van der Waals surface area (Å²) in [5, 5.41) is 0.144. The smallest absolute Gasteiger partial charge is 0.373 e. The number of hydrogen-bond acceptors (Lipinski definition) is 5. The first-order valence-electron chi connectivity index (χ1n) is 6.32. The lowest BCUT2D eigenvalue weighted by Crippen LogP contribution is -2.30. The predicted molar refractivity (Wildman–Crippen MR) is 82.5 cm³/mol. The molecule has 0 saturated heterocycles. The van der Waals surface area contributed by atoms with Gasteiger partial charge in [-0.2, -0.15) is 0 Å². The van der Waals surface area contributed by atoms with E-state index in [1.165, 1.54) is 31.4 Å². The Morgan fingerprint density at radius 1 is 1.35 bits per heavy atom. The number of ether oxygens (including phenoxy) is 1. The summed E-state index contributed by atoms with van der Waals surface area (Å²) in [4.78, 5) is 11.3. The summed E-state index contributed by atoms with van der Waals surface area (Å²) in [5.74, 6) is -1.40. The molecule has 2 aromatic rings. The molecular formula is C14H13ClFNO5S. The van der Waals surface area contributed by atoms with Crippen LogP contribution in [-0.2, 0) is 21.3 Å². The van der Waals surface area contributed by atoms with Crippen LogP contribution >= 0.6 is 11.6 Å². The van der Waals surface area contributed by atoms with Gasteiger partial charge in [0.25, 0.3) is 0 Å². The fourth-order valence-corrected chi connectivity index (χ4v) is 2.91. The summed E-state index contributed by atoms with van der Waals surface area (Å²) in [5.41, 5.74) is -0.173. The first kappa shape index (κ1) is 17.3. The van der Waals surface area contributed by atoms with Crippen molar-refractivity contribution in [3.63, 3.8) is 0 Å². The lowest BCUT2D eigenvalue weighted by atomic mass is 10.3. The highest BCUT2D eigenvalue weighted by Crippen LogP contribution is 2.27. The summed E-state index contributed by atoms with van der Waals surface area (Å²) in [6.07, 6.45) is 0.936. The fourth-order valence-electron chi connectivity index (χ4n) is 1.88. The number of hydrogen-bond donors (Lipinski definition) is 0. The van der Waals surface area contributed by atoms with E-state index < -0.39 is 21.8 Å². The Kier molecular flexibility index (Phi) is 4.96. The molecule has 0 aliphatic rings. The van der Waals surface area contributed by atoms with E-state index in [1.807, 2.05) is 0 Å². The number of carbonyl (C=O) groups excluding carboxylic acids is 1. The van der Waals surface area contributed by atoms with E-state index in [-0.39, 0.29) is 28.8 Å². The predicted octanol–water partition coefficient (Wildman–Crippen LogP) is 2.82. The number of anilines is 1. The first-order chi connectivity index (χ1) is 10.7. The zero-order valence-electron chi connectivity index (χ0n) is 12.2. The number of esters is 1. The Morgan fingerprint density at radius 3 is 2.61 bits per heavy atom. The maximum atomic E-state index is 14.0. The number of benzene rings is 1. The highest BCUT2D eigenvalue weighted by Gasteiger charge is 2.23. The highest BCUT2D eigenvalue weighted by atomic mass is 35.5. The maximum Gasteiger partial charge on any atom is 0.373 e. The Morgan fingerprint density at radius 2 is 2.04 bits per heavy atom. The van der Waals surface area contributed by atoms with Crippen LogP contribution in [0.3, 0.4) is 0 Å². The van der Waals surface area contributed by atoms with Crippen LogP contribution in [0.4, 0.5) is 10.1 Å². The van der Waals surface area contributed by atoms with Gasteiger partial charge in [0.2, 0.25) is 15.8 Å². The van der Waals surface area contributed by atoms with E-state index in [4.69, 9.17) is 16.0 Å². The summed E-state index contributed by atoms with van der Waals surface area (Å²) in [7, 11) is -2.60. The number of rotatable bonds is 5. The molecule has 1 heterocycles. The minimum atomic E-state index is -3.79. The molecule has 124 valence electrons. The number of methoxy groups -OCH3 is 1. The van der Waals surface area contributed by atoms with Crippen LogP contribution in [0.2, 0.25) is 5.02 Å². The van der Waals surface area contributed by atoms with Gasteiger partial charge in [-0.15, -0.1) is 0 Å². The summed E-state index contributed by atoms with van der Waals surface area (Å²) in [6.45, 7) is -0.283. The van der Waals surface area contributed by atoms with Gasteiger partial charge in [-0.05, 0) is 30.3 Å². The number of furan rings is 1. The van der Waals surface area contributed by atoms with Crippen molar-refractivity contribution in [1.29, 1.82) is 0 Å². The average molecular weight is 362 g/mol. The van der Waals surface area contributed by atoms with Crippen molar-refractivity contribution in [2.75, 3.05) is 17.7 Å². The third-order valence-corrected chi connectivity index (χ3v) is 4.29. The molecule has 1 aromatic heterocycles. The second-order valence-corrected chi connectivity index (χ2v) is 6.97. The molecule has 2 rings (SSSR count). The van der Waals surface area contributed by atoms with Gasteiger partial charge < -0.3 is 9.15 Å². The van der Waals surface area contributed by atoms with Crippen LogP contribution in [-0.4, -0.2) is 27.8 Å². The first-order valence-corrected chi connectivity index (χ1v) is 8.55. The molecule has 0 spiro atoms. The Bertz CT molecular complexity index is 833. The Labute approximate surface area is 137 Å². The third kappa shape index (κ3) is 4.02. The van der Waals surface area contributed by atoms with Crippen molar-refractivity contribution in [3.8, 4) is 0 Å². The monoisotopic (exact) mass is 361 g/mol. The molecule has 0 atom stereocenters. The molecule has 0 bridgehead atoms. The van der Waals surface area contributed by atoms with E-state index in [2.05, 4.69) is 4.74 Å². The molecule has 0 saturated carbocycles. The molecule has 9 heteroatoms. The minimum absolute atomic E-state index is 0.0764. The van der Waals surface area contributed by atoms with E-state index >= 15 is 0 Å². The number of nitrogens with zero attached hydrogens (tertiary/aromatic N) is 1. The molecule has 0 unspecified atom stereocenters. The van der Waals surface area contributed by atoms with Crippen molar-refractivity contribution >= 4 is 33.3 Å². The van der Waals surface area contributed by atoms with Gasteiger partial charge in [0.05, 0.1) is 25.6 Å². The molecule has 1 aromatic carbocycles. The number of sulfonamides is 1. The Hall–Kier alpha value is -2.06. The van der Waals surface area contributed by atoms with Gasteiger partial charge in [-0.25, -0.2) is 17.6 Å². The van der Waals surface area contributed by atoms with E-state index in [0.29, 0.717) is 0 Å². The molecule has 0 fully saturated rings. The molecule has 0 amide bonds. The standard InChI is InChI=1S/C14H13ClFNO5S/c1-21-14(18)13-6-4-10(22-13)8-17(23(2,19)20)12-5-3-9(15)7-11(12)16/h3-7H,8H2,1-2H3. The van der Waals surface area contributed by atoms with Crippen molar-refractivity contribution in [1.82, 2.24) is 0 Å². The van der Waals surface area contributed by atoms with Crippen molar-refractivity contribution < 1.29 is 26.8 Å². The third-order valence-electron chi connectivity index (χ3n) is 2.93. The van der Waals surface area contributed by atoms with Crippen LogP contribution in [0.25, 0.3) is 0 Å². The average Bonchev–Trinajstić information content (AvgIpc) is 2.92. The van der Waals surface area contributed by atoms with E-state index in [0.717, 1.165) is 16.6 Å². The lowest BCUT2D eigenvalue weighted by molar-refractivity contribution is 0.0563. The van der Waals surface area contributed by atoms with Crippen LogP contribution in [0.1, 0.15) is 16.3 Å². The second kappa shape index (κ2) is 6.59. The molecule has 0 radical (unpaired) electrons. The van der Waals surface area contributed by atoms with Gasteiger partial charge in [0.15, 0.2) is 0 Å². The normalized spacial score (nSPS) is 11.3. The molecule has 0 aliphatic carbocycles. The van der Waals surface area contributed by atoms with Gasteiger partial charge in [-0.3, -0.25) is 4.31 Å². The molecular weight excluding hydrogens is 349 g/mol. The van der Waals surface area contributed by atoms with Crippen LogP contribution < -0.4 is 4.31 Å². The maximum absolute atomic E-state index is 14.0. The zero-order valence-corrected chi connectivity index (χ0v) is 13.8. The van der Waals surface area contributed by atoms with Gasteiger partial charge in [0, 0.05) is 5.02 Å².